The van der Waals surface area contributed by atoms with Crippen molar-refractivity contribution in [3.8, 4) is 0 Å². The molecule has 0 spiro atoms. The molecule has 22 heavy (non-hydrogen) atoms. The number of halogens is 3. The molecule has 0 fully saturated rings. The van der Waals surface area contributed by atoms with E-state index in [4.69, 9.17) is 0 Å². The lowest BCUT2D eigenvalue weighted by atomic mass is 9.84. The first-order valence-electron chi connectivity index (χ1n) is 7.60. The maximum absolute atomic E-state index is 14.0. The number of rotatable bonds is 1. The summed E-state index contributed by atoms with van der Waals surface area (Å²) in [6, 6.07) is 1.63. The van der Waals surface area contributed by atoms with E-state index >= 15 is 0 Å². The van der Waals surface area contributed by atoms with Gasteiger partial charge in [0.05, 0.1) is 5.69 Å². The third-order valence-electron chi connectivity index (χ3n) is 4.65. The van der Waals surface area contributed by atoms with Gasteiger partial charge >= 0.3 is 0 Å². The van der Waals surface area contributed by atoms with Gasteiger partial charge in [0.2, 0.25) is 5.95 Å². The van der Waals surface area contributed by atoms with E-state index in [1.165, 1.54) is 5.69 Å². The molecule has 1 aromatic carbocycles. The highest BCUT2D eigenvalue weighted by atomic mass is 19.2. The third kappa shape index (κ3) is 2.09. The highest BCUT2D eigenvalue weighted by Crippen LogP contribution is 2.36. The van der Waals surface area contributed by atoms with Gasteiger partial charge in [0.15, 0.2) is 11.6 Å². The van der Waals surface area contributed by atoms with Crippen molar-refractivity contribution in [2.24, 2.45) is 0 Å². The molecule has 1 aliphatic heterocycles. The van der Waals surface area contributed by atoms with Gasteiger partial charge < -0.3 is 9.88 Å². The fourth-order valence-corrected chi connectivity index (χ4v) is 3.55. The quantitative estimate of drug-likeness (QED) is 0.819. The summed E-state index contributed by atoms with van der Waals surface area (Å²) in [4.78, 5) is 4.60. The minimum Gasteiger partial charge on any atom is -0.356 e. The normalized spacial score (nSPS) is 20.2. The number of hydrogen-bond donors (Lipinski definition) is 1. The van der Waals surface area contributed by atoms with Crippen LogP contribution in [0.4, 0.5) is 19.1 Å². The molecule has 0 saturated carbocycles. The zero-order valence-corrected chi connectivity index (χ0v) is 12.0. The van der Waals surface area contributed by atoms with Gasteiger partial charge in [0.25, 0.3) is 0 Å². The van der Waals surface area contributed by atoms with Crippen LogP contribution in [0, 0.1) is 17.5 Å². The maximum Gasteiger partial charge on any atom is 0.203 e. The Hall–Kier alpha value is -1.98. The Morgan fingerprint density at radius 3 is 2.82 bits per heavy atom. The molecule has 116 valence electrons. The van der Waals surface area contributed by atoms with E-state index in [0.717, 1.165) is 50.1 Å². The van der Waals surface area contributed by atoms with Gasteiger partial charge in [-0.15, -0.1) is 0 Å². The number of hydrogen-bond acceptors (Lipinski definition) is 2. The van der Waals surface area contributed by atoms with Crippen molar-refractivity contribution in [2.75, 3.05) is 11.9 Å². The third-order valence-corrected chi connectivity index (χ3v) is 4.65. The fraction of sp³-hybridized carbons (Fsp3) is 0.438. The highest BCUT2D eigenvalue weighted by molar-refractivity contribution is 5.39. The lowest BCUT2D eigenvalue weighted by Gasteiger charge is -2.24. The number of aromatic nitrogens is 2. The number of imidazole rings is 1. The van der Waals surface area contributed by atoms with E-state index in [-0.39, 0.29) is 11.5 Å². The second kappa shape index (κ2) is 5.04. The molecule has 0 bridgehead atoms. The average Bonchev–Trinajstić information content (AvgIpc) is 2.88. The molecular weight excluding hydrogens is 291 g/mol. The lowest BCUT2D eigenvalue weighted by Crippen LogP contribution is -2.20. The Balaban J connectivity index is 1.68. The fourth-order valence-electron chi connectivity index (χ4n) is 3.55. The minimum atomic E-state index is -1.14. The molecule has 6 heteroatoms. The second-order valence-corrected chi connectivity index (χ2v) is 5.99. The molecule has 2 aromatic rings. The summed E-state index contributed by atoms with van der Waals surface area (Å²) in [5, 5.41) is 3.27. The number of anilines is 1. The van der Waals surface area contributed by atoms with Crippen molar-refractivity contribution in [3.63, 3.8) is 0 Å². The first-order chi connectivity index (χ1) is 10.6. The van der Waals surface area contributed by atoms with Crippen molar-refractivity contribution in [3.05, 3.63) is 46.5 Å². The number of nitrogens with zero attached hydrogens (tertiary/aromatic N) is 2. The SMILES string of the molecule is Fc1cc(F)c([C@@H]2CCc3c(nc4n3CCCN4)C2)cc1F. The van der Waals surface area contributed by atoms with Gasteiger partial charge in [-0.1, -0.05) is 0 Å². The van der Waals surface area contributed by atoms with E-state index in [2.05, 4.69) is 14.9 Å². The highest BCUT2D eigenvalue weighted by Gasteiger charge is 2.29. The Labute approximate surface area is 126 Å². The van der Waals surface area contributed by atoms with Gasteiger partial charge in [0, 0.05) is 24.8 Å². The molecule has 3 nitrogen and oxygen atoms in total. The average molecular weight is 307 g/mol. The Bertz CT molecular complexity index is 739. The van der Waals surface area contributed by atoms with Gasteiger partial charge in [-0.25, -0.2) is 18.2 Å². The predicted molar refractivity (Wildman–Crippen MR) is 76.4 cm³/mol. The van der Waals surface area contributed by atoms with Crippen LogP contribution in [0.25, 0.3) is 0 Å². The van der Waals surface area contributed by atoms with Crippen molar-refractivity contribution < 1.29 is 13.2 Å². The van der Waals surface area contributed by atoms with Crippen LogP contribution in [0.5, 0.6) is 0 Å². The first kappa shape index (κ1) is 13.7. The standard InChI is InChI=1S/C16H16F3N3/c17-11-8-13(19)12(18)7-10(11)9-2-3-15-14(6-9)21-16-20-4-1-5-22(15)16/h7-9H,1-6H2,(H,20,21)/t9-/m1/s1. The summed E-state index contributed by atoms with van der Waals surface area (Å²) in [6.45, 7) is 1.87. The Morgan fingerprint density at radius 1 is 1.14 bits per heavy atom. The Kier molecular flexibility index (Phi) is 3.13. The topological polar surface area (TPSA) is 29.9 Å². The second-order valence-electron chi connectivity index (χ2n) is 5.99. The molecule has 2 aliphatic rings. The van der Waals surface area contributed by atoms with Crippen LogP contribution in [0.1, 0.15) is 35.7 Å². The summed E-state index contributed by atoms with van der Waals surface area (Å²) < 4.78 is 42.7. The summed E-state index contributed by atoms with van der Waals surface area (Å²) in [5.74, 6) is -2.08. The monoisotopic (exact) mass is 307 g/mol. The smallest absolute Gasteiger partial charge is 0.203 e. The van der Waals surface area contributed by atoms with E-state index in [9.17, 15) is 13.2 Å². The number of fused-ring (bicyclic) bond motifs is 3. The summed E-state index contributed by atoms with van der Waals surface area (Å²) in [7, 11) is 0. The van der Waals surface area contributed by atoms with Crippen LogP contribution < -0.4 is 5.32 Å². The predicted octanol–water partition coefficient (Wildman–Crippen LogP) is 3.39. The van der Waals surface area contributed by atoms with Crippen LogP contribution in [-0.4, -0.2) is 16.1 Å². The minimum absolute atomic E-state index is 0.153. The molecular formula is C16H16F3N3. The van der Waals surface area contributed by atoms with Gasteiger partial charge in [-0.3, -0.25) is 0 Å². The first-order valence-corrected chi connectivity index (χ1v) is 7.60. The van der Waals surface area contributed by atoms with Crippen LogP contribution in [-0.2, 0) is 19.4 Å². The zero-order valence-electron chi connectivity index (χ0n) is 12.0. The summed E-state index contributed by atoms with van der Waals surface area (Å²) in [5.41, 5.74) is 2.40. The Morgan fingerprint density at radius 2 is 1.95 bits per heavy atom. The molecule has 1 atom stereocenters. The summed E-state index contributed by atoms with van der Waals surface area (Å²) in [6.07, 6.45) is 3.14. The van der Waals surface area contributed by atoms with E-state index < -0.39 is 17.5 Å². The van der Waals surface area contributed by atoms with Crippen LogP contribution in [0.2, 0.25) is 0 Å². The molecule has 1 aliphatic carbocycles. The molecule has 2 heterocycles. The van der Waals surface area contributed by atoms with Crippen molar-refractivity contribution in [1.82, 2.24) is 9.55 Å². The maximum atomic E-state index is 14.0. The molecule has 1 aromatic heterocycles. The van der Waals surface area contributed by atoms with Crippen LogP contribution in [0.15, 0.2) is 12.1 Å². The van der Waals surface area contributed by atoms with Gasteiger partial charge in [-0.05, 0) is 43.2 Å². The van der Waals surface area contributed by atoms with Crippen molar-refractivity contribution in [2.45, 2.75) is 38.1 Å². The van der Waals surface area contributed by atoms with Crippen LogP contribution in [0.3, 0.4) is 0 Å². The summed E-state index contributed by atoms with van der Waals surface area (Å²) >= 11 is 0. The number of nitrogens with one attached hydrogen (secondary N) is 1. The van der Waals surface area contributed by atoms with E-state index in [1.54, 1.807) is 0 Å². The molecule has 0 radical (unpaired) electrons. The van der Waals surface area contributed by atoms with Crippen molar-refractivity contribution in [1.29, 1.82) is 0 Å². The van der Waals surface area contributed by atoms with Gasteiger partial charge in [0.1, 0.15) is 5.82 Å². The molecule has 1 N–H and O–H groups in total. The largest absolute Gasteiger partial charge is 0.356 e. The zero-order chi connectivity index (χ0) is 15.3. The molecule has 0 amide bonds. The van der Waals surface area contributed by atoms with Crippen molar-refractivity contribution >= 4 is 5.95 Å². The molecule has 4 rings (SSSR count). The molecule has 0 saturated heterocycles. The van der Waals surface area contributed by atoms with E-state index in [0.29, 0.717) is 12.5 Å². The molecule has 0 unspecified atom stereocenters. The van der Waals surface area contributed by atoms with Gasteiger partial charge in [-0.2, -0.15) is 0 Å². The number of benzene rings is 1. The van der Waals surface area contributed by atoms with Crippen LogP contribution >= 0.6 is 0 Å². The lowest BCUT2D eigenvalue weighted by molar-refractivity contribution is 0.470. The van der Waals surface area contributed by atoms with E-state index in [1.807, 2.05) is 0 Å².